The first-order valence-electron chi connectivity index (χ1n) is 5.67. The van der Waals surface area contributed by atoms with E-state index >= 15 is 0 Å². The lowest BCUT2D eigenvalue weighted by molar-refractivity contribution is 0.566. The molecular weight excluding hydrogens is 236 g/mol. The van der Waals surface area contributed by atoms with Crippen LogP contribution in [0.4, 0.5) is 5.69 Å². The number of nitrogens with one attached hydrogen (secondary N) is 1. The molecule has 0 fully saturated rings. The molecule has 0 unspecified atom stereocenters. The Morgan fingerprint density at radius 1 is 1.18 bits per heavy atom. The van der Waals surface area contributed by atoms with Crippen molar-refractivity contribution >= 4 is 15.7 Å². The summed E-state index contributed by atoms with van der Waals surface area (Å²) in [5, 5.41) is -0.402. The highest BCUT2D eigenvalue weighted by Gasteiger charge is 2.16. The molecule has 0 amide bonds. The summed E-state index contributed by atoms with van der Waals surface area (Å²) >= 11 is 0. The van der Waals surface area contributed by atoms with Gasteiger partial charge in [-0.05, 0) is 37.5 Å². The van der Waals surface area contributed by atoms with Gasteiger partial charge < -0.3 is 5.73 Å². The van der Waals surface area contributed by atoms with Gasteiger partial charge in [-0.2, -0.15) is 0 Å². The number of nitrogen functional groups attached to an aromatic ring is 1. The first kappa shape index (κ1) is 14.0. The summed E-state index contributed by atoms with van der Waals surface area (Å²) in [6.45, 7) is 5.71. The summed E-state index contributed by atoms with van der Waals surface area (Å²) in [5.74, 6) is 0.129. The van der Waals surface area contributed by atoms with Gasteiger partial charge in [0.15, 0.2) is 0 Å². The summed E-state index contributed by atoms with van der Waals surface area (Å²) in [6, 6.07) is 7.49. The van der Waals surface area contributed by atoms with Crippen molar-refractivity contribution in [3.63, 3.8) is 0 Å². The second kappa shape index (κ2) is 5.51. The summed E-state index contributed by atoms with van der Waals surface area (Å²) in [4.78, 5) is 0. The maximum absolute atomic E-state index is 11.6. The molecule has 0 saturated heterocycles. The van der Waals surface area contributed by atoms with Crippen molar-refractivity contribution in [2.75, 3.05) is 12.3 Å². The van der Waals surface area contributed by atoms with E-state index in [4.69, 9.17) is 5.73 Å². The lowest BCUT2D eigenvalue weighted by Gasteiger charge is -2.15. The molecule has 0 aliphatic carbocycles. The second-order valence-electron chi connectivity index (χ2n) is 4.51. The number of sulfonamides is 1. The topological polar surface area (TPSA) is 72.2 Å². The monoisotopic (exact) mass is 256 g/mol. The van der Waals surface area contributed by atoms with Gasteiger partial charge in [-0.1, -0.05) is 19.1 Å². The van der Waals surface area contributed by atoms with Gasteiger partial charge in [0.2, 0.25) is 10.0 Å². The van der Waals surface area contributed by atoms with E-state index in [2.05, 4.69) is 4.72 Å². The molecule has 4 nitrogen and oxygen atoms in total. The molecule has 0 aromatic heterocycles. The van der Waals surface area contributed by atoms with Crippen molar-refractivity contribution < 1.29 is 8.42 Å². The molecule has 3 N–H and O–H groups in total. The number of nitrogens with two attached hydrogens (primary N) is 1. The molecule has 1 atom stereocenters. The van der Waals surface area contributed by atoms with Crippen molar-refractivity contribution in [1.29, 1.82) is 0 Å². The minimum absolute atomic E-state index is 0.129. The van der Waals surface area contributed by atoms with Gasteiger partial charge in [0.1, 0.15) is 0 Å². The Hall–Kier alpha value is -1.07. The zero-order valence-electron chi connectivity index (χ0n) is 10.5. The van der Waals surface area contributed by atoms with E-state index in [-0.39, 0.29) is 5.92 Å². The fourth-order valence-corrected chi connectivity index (χ4v) is 2.17. The third-order valence-electron chi connectivity index (χ3n) is 2.72. The molecule has 1 aromatic carbocycles. The Kier molecular flexibility index (Phi) is 4.54. The molecular formula is C12H20N2O2S. The van der Waals surface area contributed by atoms with Crippen molar-refractivity contribution in [2.45, 2.75) is 31.9 Å². The number of hydrogen-bond donors (Lipinski definition) is 2. The minimum Gasteiger partial charge on any atom is -0.399 e. The lowest BCUT2D eigenvalue weighted by Crippen LogP contribution is -2.33. The zero-order valence-corrected chi connectivity index (χ0v) is 11.3. The van der Waals surface area contributed by atoms with Crippen LogP contribution in [0.2, 0.25) is 0 Å². The third kappa shape index (κ3) is 4.02. The fourth-order valence-electron chi connectivity index (χ4n) is 1.35. The van der Waals surface area contributed by atoms with Crippen molar-refractivity contribution in [1.82, 2.24) is 4.72 Å². The van der Waals surface area contributed by atoms with Crippen molar-refractivity contribution in [3.8, 4) is 0 Å². The molecule has 0 saturated carbocycles. The Bertz CT molecular complexity index is 452. The van der Waals surface area contributed by atoms with Gasteiger partial charge in [0.25, 0.3) is 0 Å². The van der Waals surface area contributed by atoms with Gasteiger partial charge in [0.05, 0.1) is 5.25 Å². The van der Waals surface area contributed by atoms with Crippen LogP contribution >= 0.6 is 0 Å². The first-order chi connectivity index (χ1) is 7.83. The van der Waals surface area contributed by atoms with E-state index in [1.54, 1.807) is 13.8 Å². The summed E-state index contributed by atoms with van der Waals surface area (Å²) < 4.78 is 25.8. The molecule has 1 aromatic rings. The Morgan fingerprint density at radius 3 is 2.18 bits per heavy atom. The van der Waals surface area contributed by atoms with Crippen LogP contribution in [-0.2, 0) is 10.0 Å². The second-order valence-corrected chi connectivity index (χ2v) is 6.83. The highest BCUT2D eigenvalue weighted by Crippen LogP contribution is 2.16. The number of anilines is 1. The van der Waals surface area contributed by atoms with E-state index in [9.17, 15) is 8.42 Å². The average Bonchev–Trinajstić information content (AvgIpc) is 2.27. The van der Waals surface area contributed by atoms with E-state index in [0.717, 1.165) is 5.56 Å². The van der Waals surface area contributed by atoms with Crippen LogP contribution in [-0.4, -0.2) is 20.2 Å². The van der Waals surface area contributed by atoms with Crippen LogP contribution in [0.25, 0.3) is 0 Å². The Morgan fingerprint density at radius 2 is 1.71 bits per heavy atom. The third-order valence-corrected chi connectivity index (χ3v) is 4.53. The minimum atomic E-state index is -3.18. The number of rotatable bonds is 5. The van der Waals surface area contributed by atoms with Gasteiger partial charge in [0, 0.05) is 12.2 Å². The van der Waals surface area contributed by atoms with Gasteiger partial charge in [-0.3, -0.25) is 0 Å². The van der Waals surface area contributed by atoms with Gasteiger partial charge in [-0.25, -0.2) is 13.1 Å². The SMILES string of the molecule is CC(C)S(=O)(=O)NC[C@@H](C)c1ccc(N)cc1. The normalized spacial score (nSPS) is 13.9. The molecule has 0 spiro atoms. The maximum atomic E-state index is 11.6. The molecule has 0 heterocycles. The van der Waals surface area contributed by atoms with Crippen molar-refractivity contribution in [2.24, 2.45) is 0 Å². The van der Waals surface area contributed by atoms with E-state index in [1.807, 2.05) is 31.2 Å². The van der Waals surface area contributed by atoms with Crippen LogP contribution in [0, 0.1) is 0 Å². The van der Waals surface area contributed by atoms with Crippen LogP contribution in [0.1, 0.15) is 32.3 Å². The highest BCUT2D eigenvalue weighted by atomic mass is 32.2. The molecule has 96 valence electrons. The quantitative estimate of drug-likeness (QED) is 0.788. The smallest absolute Gasteiger partial charge is 0.213 e. The standard InChI is InChI=1S/C12H20N2O2S/c1-9(2)17(15,16)14-8-10(3)11-4-6-12(13)7-5-11/h4-7,9-10,14H,8,13H2,1-3H3/t10-/m1/s1. The Balaban J connectivity index is 2.62. The first-order valence-corrected chi connectivity index (χ1v) is 7.21. The molecule has 0 aliphatic heterocycles. The Labute approximate surface area is 103 Å². The van der Waals surface area contributed by atoms with E-state index in [1.165, 1.54) is 0 Å². The zero-order chi connectivity index (χ0) is 13.1. The van der Waals surface area contributed by atoms with Crippen molar-refractivity contribution in [3.05, 3.63) is 29.8 Å². The number of benzene rings is 1. The predicted octanol–water partition coefficient (Wildman–Crippen LogP) is 1.70. The van der Waals surface area contributed by atoms with Gasteiger partial charge >= 0.3 is 0 Å². The highest BCUT2D eigenvalue weighted by molar-refractivity contribution is 7.90. The van der Waals surface area contributed by atoms with E-state index in [0.29, 0.717) is 12.2 Å². The lowest BCUT2D eigenvalue weighted by atomic mass is 10.0. The largest absolute Gasteiger partial charge is 0.399 e. The van der Waals surface area contributed by atoms with Crippen LogP contribution in [0.5, 0.6) is 0 Å². The molecule has 1 rings (SSSR count). The molecule has 0 radical (unpaired) electrons. The molecule has 17 heavy (non-hydrogen) atoms. The van der Waals surface area contributed by atoms with Crippen LogP contribution < -0.4 is 10.5 Å². The average molecular weight is 256 g/mol. The van der Waals surface area contributed by atoms with E-state index < -0.39 is 15.3 Å². The number of hydrogen-bond acceptors (Lipinski definition) is 3. The molecule has 0 aliphatic rings. The summed E-state index contributed by atoms with van der Waals surface area (Å²) in [6.07, 6.45) is 0. The maximum Gasteiger partial charge on any atom is 0.213 e. The fraction of sp³-hybridized carbons (Fsp3) is 0.500. The molecule has 5 heteroatoms. The molecule has 0 bridgehead atoms. The van der Waals surface area contributed by atoms with Gasteiger partial charge in [-0.15, -0.1) is 0 Å². The van der Waals surface area contributed by atoms with Crippen LogP contribution in [0.15, 0.2) is 24.3 Å². The summed E-state index contributed by atoms with van der Waals surface area (Å²) in [7, 11) is -3.18. The van der Waals surface area contributed by atoms with Crippen LogP contribution in [0.3, 0.4) is 0 Å². The summed E-state index contributed by atoms with van der Waals surface area (Å²) in [5.41, 5.74) is 7.38. The predicted molar refractivity (Wildman–Crippen MR) is 71.3 cm³/mol.